The quantitative estimate of drug-likeness (QED) is 0.0238. The third-order valence-electron chi connectivity index (χ3n) is 18.1. The summed E-state index contributed by atoms with van der Waals surface area (Å²) in [5, 5.41) is 31.1. The van der Waals surface area contributed by atoms with Gasteiger partial charge in [-0.15, -0.1) is 0 Å². The third kappa shape index (κ3) is 26.1. The molecule has 17 heteroatoms. The fourth-order valence-electron chi connectivity index (χ4n) is 13.4. The molecule has 0 bridgehead atoms. The number of unbranched alkanes of at least 4 members (excludes halogenated alkanes) is 2. The number of rotatable bonds is 33. The number of benzene rings is 1. The van der Waals surface area contributed by atoms with Gasteiger partial charge in [0.1, 0.15) is 12.1 Å². The summed E-state index contributed by atoms with van der Waals surface area (Å²) in [6.07, 6.45) is 23.1. The van der Waals surface area contributed by atoms with Crippen LogP contribution in [0.25, 0.3) is 0 Å². The van der Waals surface area contributed by atoms with Gasteiger partial charge in [-0.1, -0.05) is 146 Å². The number of nitrogens with one attached hydrogen (secondary N) is 8. The fraction of sp³-hybridized carbons (Fsp3) is 0.761. The molecule has 0 saturated heterocycles. The second-order valence-electron chi connectivity index (χ2n) is 24.5. The number of fused-ring (bicyclic) bond motifs is 5. The monoisotopic (exact) mass is 1180 g/mol. The van der Waals surface area contributed by atoms with Crippen LogP contribution in [0.15, 0.2) is 42.0 Å². The lowest BCUT2D eigenvalue weighted by molar-refractivity contribution is -0.141. The molecular weight excluding hydrogens is 1060 g/mol. The minimum atomic E-state index is -1.19. The van der Waals surface area contributed by atoms with Gasteiger partial charge in [-0.25, -0.2) is 0 Å². The van der Waals surface area contributed by atoms with Gasteiger partial charge in [-0.05, 0) is 136 Å². The Morgan fingerprint density at radius 1 is 0.595 bits per heavy atom. The third-order valence-corrected chi connectivity index (χ3v) is 18.1. The molecule has 3 fully saturated rings. The summed E-state index contributed by atoms with van der Waals surface area (Å²) in [4.78, 5) is 95.1. The molecule has 482 valence electrons. The largest absolute Gasteiger partial charge is 0.480 e. The normalized spacial score (nSPS) is 22.7. The molecule has 0 aromatic heterocycles. The molecule has 4 unspecified atom stereocenters. The molecule has 4 aliphatic rings. The van der Waals surface area contributed by atoms with Gasteiger partial charge >= 0.3 is 5.97 Å². The van der Waals surface area contributed by atoms with Crippen LogP contribution in [0.5, 0.6) is 0 Å². The number of carboxylic acid groups (broad SMARTS) is 1. The van der Waals surface area contributed by atoms with E-state index < -0.39 is 24.0 Å². The predicted molar refractivity (Wildman–Crippen MR) is 342 cm³/mol. The molecular formula is C67H120N8O9. The highest BCUT2D eigenvalue weighted by Crippen LogP contribution is 2.67. The second kappa shape index (κ2) is 40.9. The summed E-state index contributed by atoms with van der Waals surface area (Å²) in [6, 6.07) is 7.70. The number of hydrogen-bond donors (Lipinski definition) is 9. The molecule has 84 heavy (non-hydrogen) atoms. The van der Waals surface area contributed by atoms with Gasteiger partial charge in [0.25, 0.3) is 0 Å². The highest BCUT2D eigenvalue weighted by atomic mass is 16.4. The molecule has 0 heterocycles. The summed E-state index contributed by atoms with van der Waals surface area (Å²) in [5.41, 5.74) is 3.78. The molecule has 5 rings (SSSR count). The topological polar surface area (TPSA) is 253 Å². The van der Waals surface area contributed by atoms with E-state index in [0.29, 0.717) is 36.6 Å². The van der Waals surface area contributed by atoms with Crippen LogP contribution in [-0.2, 0) is 44.8 Å². The Hall–Kier alpha value is -5.32. The zero-order valence-electron chi connectivity index (χ0n) is 50.2. The summed E-state index contributed by atoms with van der Waals surface area (Å²) >= 11 is 0. The van der Waals surface area contributed by atoms with E-state index in [2.05, 4.69) is 90.2 Å². The van der Waals surface area contributed by atoms with Crippen molar-refractivity contribution in [3.8, 4) is 0 Å². The van der Waals surface area contributed by atoms with Crippen molar-refractivity contribution in [2.75, 3.05) is 39.3 Å². The molecule has 0 aliphatic heterocycles. The SMILES string of the molecule is C.C.C.C.CCC(=O)NCCC(=O)NCCC(=O)NCCC(=O)NCCC(=O)NCCCCC(=O)N[C@H](Cc1ccccc1)C(=O)N[C@H](C)C(=O)O.CCCCN[C@H]1CCC2(C)C(=CC[C@H]3C2CCC2(C)C([C@H](C)CCCC(C)C)CC[C@@H]32)C1. The number of carboxylic acids is 1. The van der Waals surface area contributed by atoms with Gasteiger partial charge in [0.2, 0.25) is 41.4 Å². The first-order chi connectivity index (χ1) is 38.2. The van der Waals surface area contributed by atoms with Crippen LogP contribution >= 0.6 is 0 Å². The lowest BCUT2D eigenvalue weighted by atomic mass is 9.47. The van der Waals surface area contributed by atoms with Gasteiger partial charge in [0.15, 0.2) is 0 Å². The molecule has 9 N–H and O–H groups in total. The van der Waals surface area contributed by atoms with Gasteiger partial charge in [0, 0.05) is 83.7 Å². The minimum absolute atomic E-state index is 0. The van der Waals surface area contributed by atoms with Crippen LogP contribution in [0, 0.1) is 46.3 Å². The zero-order valence-corrected chi connectivity index (χ0v) is 50.2. The van der Waals surface area contributed by atoms with E-state index in [1.54, 1.807) is 31.2 Å². The Labute approximate surface area is 508 Å². The van der Waals surface area contributed by atoms with Crippen molar-refractivity contribution in [2.24, 2.45) is 46.3 Å². The molecule has 4 aliphatic carbocycles. The molecule has 7 amide bonds. The van der Waals surface area contributed by atoms with Gasteiger partial charge in [-0.2, -0.15) is 0 Å². The van der Waals surface area contributed by atoms with Crippen LogP contribution < -0.4 is 42.5 Å². The van der Waals surface area contributed by atoms with E-state index in [9.17, 15) is 38.4 Å². The predicted octanol–water partition coefficient (Wildman–Crippen LogP) is 10.4. The Balaban J connectivity index is 0.00000167. The summed E-state index contributed by atoms with van der Waals surface area (Å²) in [6.45, 7) is 20.2. The fourth-order valence-corrected chi connectivity index (χ4v) is 13.4. The first-order valence-corrected chi connectivity index (χ1v) is 30.8. The number of aliphatic carboxylic acids is 1. The van der Waals surface area contributed by atoms with E-state index in [-0.39, 0.29) is 130 Å². The lowest BCUT2D eigenvalue weighted by Gasteiger charge is -2.58. The molecule has 10 atom stereocenters. The maximum Gasteiger partial charge on any atom is 0.325 e. The maximum atomic E-state index is 12.7. The average molecular weight is 1180 g/mol. The highest BCUT2D eigenvalue weighted by Gasteiger charge is 2.59. The van der Waals surface area contributed by atoms with Crippen molar-refractivity contribution in [1.29, 1.82) is 0 Å². The first kappa shape index (κ1) is 78.7. The maximum absolute atomic E-state index is 12.7. The first-order valence-electron chi connectivity index (χ1n) is 30.8. The minimum Gasteiger partial charge on any atom is -0.480 e. The van der Waals surface area contributed by atoms with E-state index >= 15 is 0 Å². The van der Waals surface area contributed by atoms with Crippen molar-refractivity contribution in [3.63, 3.8) is 0 Å². The van der Waals surface area contributed by atoms with Crippen LogP contribution in [-0.4, -0.2) is 110 Å². The Morgan fingerprint density at radius 2 is 1.17 bits per heavy atom. The van der Waals surface area contributed by atoms with Gasteiger partial charge in [-0.3, -0.25) is 38.4 Å². The molecule has 0 radical (unpaired) electrons. The van der Waals surface area contributed by atoms with Crippen molar-refractivity contribution >= 4 is 47.3 Å². The Bertz CT molecular complexity index is 2170. The Kier molecular flexibility index (Phi) is 38.3. The summed E-state index contributed by atoms with van der Waals surface area (Å²) in [7, 11) is 0. The Morgan fingerprint density at radius 3 is 1.71 bits per heavy atom. The molecule has 0 spiro atoms. The smallest absolute Gasteiger partial charge is 0.325 e. The standard InChI is InChI=1S/C32H49N7O9.C31H55N.4CH4/c1-3-25(40)34-17-12-27(42)36-19-14-29(44)37-20-15-28(43)35-18-13-26(41)33-16-8-7-11-30(45)39-24(21-23-9-5-4-6-10-23)31(46)38-22(2)32(47)48;1-7-8-20-32-25-16-18-30(5)24(21-25)12-13-26-28-15-14-27(23(4)11-9-10-22(2)3)31(28,6)19-17-29(26)30;;;;/h4-6,9-10,22,24H,3,7-8,11-21H2,1-2H3,(H,33,41)(H,34,40)(H,35,43)(H,36,42)(H,37,44)(H,38,46)(H,39,45)(H,47,48);12,22-23,25-29,32H,7-11,13-21H2,1-6H3;4*1H4/t22-,24-;23-,25+,26-,27?,28+,29?,30?,31?;;;;/m11..../s1. The highest BCUT2D eigenvalue weighted by molar-refractivity contribution is 5.90. The zero-order chi connectivity index (χ0) is 58.7. The van der Waals surface area contributed by atoms with Gasteiger partial charge < -0.3 is 47.6 Å². The lowest BCUT2D eigenvalue weighted by Crippen LogP contribution is -2.51. The molecule has 1 aromatic rings. The molecule has 3 saturated carbocycles. The summed E-state index contributed by atoms with van der Waals surface area (Å²) < 4.78 is 0. The number of amides is 7. The van der Waals surface area contributed by atoms with Gasteiger partial charge in [0.05, 0.1) is 0 Å². The van der Waals surface area contributed by atoms with Crippen LogP contribution in [0.1, 0.15) is 225 Å². The van der Waals surface area contributed by atoms with Crippen molar-refractivity contribution in [1.82, 2.24) is 42.5 Å². The van der Waals surface area contributed by atoms with E-state index in [1.807, 2.05) is 11.6 Å². The summed E-state index contributed by atoms with van der Waals surface area (Å²) in [5.74, 6) is 2.16. The molecule has 17 nitrogen and oxygen atoms in total. The number of carbonyl (C=O) groups is 8. The van der Waals surface area contributed by atoms with Crippen molar-refractivity contribution in [2.45, 2.75) is 244 Å². The average Bonchev–Trinajstić information content (AvgIpc) is 1.82. The van der Waals surface area contributed by atoms with Crippen LogP contribution in [0.2, 0.25) is 0 Å². The van der Waals surface area contributed by atoms with Crippen molar-refractivity contribution in [3.05, 3.63) is 47.5 Å². The van der Waals surface area contributed by atoms with E-state index in [1.165, 1.54) is 96.9 Å². The number of allylic oxidation sites excluding steroid dienone is 1. The van der Waals surface area contributed by atoms with Crippen LogP contribution in [0.3, 0.4) is 0 Å². The second-order valence-corrected chi connectivity index (χ2v) is 24.5. The number of hydrogen-bond acceptors (Lipinski definition) is 9. The van der Waals surface area contributed by atoms with E-state index in [4.69, 9.17) is 5.11 Å². The number of carbonyl (C=O) groups excluding carboxylic acids is 7. The van der Waals surface area contributed by atoms with E-state index in [0.717, 1.165) is 47.1 Å². The van der Waals surface area contributed by atoms with Crippen LogP contribution in [0.4, 0.5) is 0 Å². The van der Waals surface area contributed by atoms with Crippen molar-refractivity contribution < 1.29 is 43.5 Å². The molecule has 1 aromatic carbocycles.